The van der Waals surface area contributed by atoms with Crippen molar-refractivity contribution in [2.45, 2.75) is 12.1 Å². The molecule has 0 aliphatic carbocycles. The second-order valence-electron chi connectivity index (χ2n) is 6.65. The van der Waals surface area contributed by atoms with Gasteiger partial charge in [0.1, 0.15) is 0 Å². The minimum Gasteiger partial charge on any atom is -0.493 e. The molecule has 0 saturated carbocycles. The van der Waals surface area contributed by atoms with Crippen molar-refractivity contribution in [1.29, 1.82) is 0 Å². The van der Waals surface area contributed by atoms with E-state index in [9.17, 15) is 4.79 Å². The van der Waals surface area contributed by atoms with E-state index in [1.807, 2.05) is 28.7 Å². The van der Waals surface area contributed by atoms with E-state index in [-0.39, 0.29) is 11.5 Å². The number of carbonyl (C=O) groups is 1. The summed E-state index contributed by atoms with van der Waals surface area (Å²) in [5.41, 5.74) is 3.39. The van der Waals surface area contributed by atoms with E-state index in [1.165, 1.54) is 33.1 Å². The Hall–Kier alpha value is -3.26. The molecular formula is C22H21N3O4S. The van der Waals surface area contributed by atoms with Crippen molar-refractivity contribution in [3.8, 4) is 17.2 Å². The van der Waals surface area contributed by atoms with Crippen LogP contribution < -0.4 is 14.2 Å². The fourth-order valence-corrected chi connectivity index (χ4v) is 4.27. The van der Waals surface area contributed by atoms with Gasteiger partial charge < -0.3 is 14.2 Å². The van der Waals surface area contributed by atoms with Gasteiger partial charge in [0.15, 0.2) is 28.1 Å². The topological polar surface area (TPSA) is 75.0 Å². The molecule has 4 rings (SSSR count). The molecule has 8 heteroatoms. The summed E-state index contributed by atoms with van der Waals surface area (Å²) in [6.45, 7) is 2.05. The lowest BCUT2D eigenvalue weighted by molar-refractivity contribution is 0.102. The second kappa shape index (κ2) is 8.23. The van der Waals surface area contributed by atoms with E-state index in [1.54, 1.807) is 12.1 Å². The van der Waals surface area contributed by atoms with Crippen molar-refractivity contribution in [2.24, 2.45) is 0 Å². The number of carbonyl (C=O) groups excluding carboxylic acids is 1. The van der Waals surface area contributed by atoms with Gasteiger partial charge in [0.2, 0.25) is 5.75 Å². The molecule has 0 saturated heterocycles. The minimum absolute atomic E-state index is 0.0765. The third-order valence-corrected chi connectivity index (χ3v) is 5.82. The van der Waals surface area contributed by atoms with Gasteiger partial charge in [0, 0.05) is 10.9 Å². The predicted octanol–water partition coefficient (Wildman–Crippen LogP) is 4.19. The van der Waals surface area contributed by atoms with Crippen LogP contribution in [-0.2, 0) is 0 Å². The van der Waals surface area contributed by atoms with Crippen molar-refractivity contribution in [2.75, 3.05) is 27.1 Å². The van der Waals surface area contributed by atoms with Crippen LogP contribution in [0, 0.1) is 6.92 Å². The number of hydrogen-bond donors (Lipinski definition) is 0. The molecule has 0 aliphatic heterocycles. The molecule has 0 fully saturated rings. The summed E-state index contributed by atoms with van der Waals surface area (Å²) in [5, 5.41) is 10.4. The largest absolute Gasteiger partial charge is 0.493 e. The molecule has 30 heavy (non-hydrogen) atoms. The number of pyridine rings is 1. The van der Waals surface area contributed by atoms with Gasteiger partial charge in [-0.25, -0.2) is 0 Å². The number of hydrogen-bond acceptors (Lipinski definition) is 7. The summed E-state index contributed by atoms with van der Waals surface area (Å²) in [6, 6.07) is 13.4. The summed E-state index contributed by atoms with van der Waals surface area (Å²) in [4.78, 5) is 12.9. The molecule has 0 N–H and O–H groups in total. The van der Waals surface area contributed by atoms with Gasteiger partial charge in [-0.15, -0.1) is 10.2 Å². The number of ketones is 1. The van der Waals surface area contributed by atoms with Crippen LogP contribution in [0.2, 0.25) is 0 Å². The highest BCUT2D eigenvalue weighted by Crippen LogP contribution is 2.38. The van der Waals surface area contributed by atoms with E-state index >= 15 is 0 Å². The van der Waals surface area contributed by atoms with Crippen LogP contribution in [0.4, 0.5) is 0 Å². The lowest BCUT2D eigenvalue weighted by Gasteiger charge is -2.13. The van der Waals surface area contributed by atoms with Gasteiger partial charge >= 0.3 is 0 Å². The number of methoxy groups -OCH3 is 3. The van der Waals surface area contributed by atoms with Crippen LogP contribution in [0.1, 0.15) is 15.9 Å². The van der Waals surface area contributed by atoms with E-state index in [0.29, 0.717) is 28.0 Å². The van der Waals surface area contributed by atoms with Crippen LogP contribution in [0.3, 0.4) is 0 Å². The van der Waals surface area contributed by atoms with Crippen LogP contribution in [0.5, 0.6) is 17.2 Å². The van der Waals surface area contributed by atoms with Crippen LogP contribution in [0.15, 0.2) is 47.6 Å². The fourth-order valence-electron chi connectivity index (χ4n) is 3.42. The molecule has 0 unspecified atom stereocenters. The van der Waals surface area contributed by atoms with E-state index in [4.69, 9.17) is 14.2 Å². The summed E-state index contributed by atoms with van der Waals surface area (Å²) < 4.78 is 18.0. The molecule has 2 aromatic heterocycles. The molecule has 0 spiro atoms. The monoisotopic (exact) mass is 423 g/mol. The Morgan fingerprint density at radius 1 is 1.00 bits per heavy atom. The number of thioether (sulfide) groups is 1. The Kier molecular flexibility index (Phi) is 5.50. The molecule has 0 atom stereocenters. The molecular weight excluding hydrogens is 402 g/mol. The zero-order valence-electron chi connectivity index (χ0n) is 17.1. The molecule has 2 heterocycles. The van der Waals surface area contributed by atoms with Gasteiger partial charge in [-0.1, -0.05) is 30.0 Å². The minimum atomic E-state index is -0.0765. The first-order valence-electron chi connectivity index (χ1n) is 9.27. The van der Waals surface area contributed by atoms with Gasteiger partial charge in [0.25, 0.3) is 0 Å². The Labute approximate surface area is 178 Å². The molecule has 154 valence electrons. The smallest absolute Gasteiger partial charge is 0.203 e. The maximum absolute atomic E-state index is 12.9. The first kappa shape index (κ1) is 20.0. The van der Waals surface area contributed by atoms with Crippen molar-refractivity contribution < 1.29 is 19.0 Å². The lowest BCUT2D eigenvalue weighted by atomic mass is 10.1. The van der Waals surface area contributed by atoms with Gasteiger partial charge in [-0.3, -0.25) is 9.20 Å². The zero-order chi connectivity index (χ0) is 21.3. The van der Waals surface area contributed by atoms with Crippen molar-refractivity contribution >= 4 is 34.1 Å². The Morgan fingerprint density at radius 2 is 1.70 bits per heavy atom. The number of para-hydroxylation sites is 1. The third-order valence-electron chi connectivity index (χ3n) is 4.89. The molecule has 0 radical (unpaired) electrons. The van der Waals surface area contributed by atoms with Crippen LogP contribution in [-0.4, -0.2) is 47.5 Å². The van der Waals surface area contributed by atoms with Crippen LogP contribution in [0.25, 0.3) is 16.6 Å². The average molecular weight is 423 g/mol. The van der Waals surface area contributed by atoms with Gasteiger partial charge in [0.05, 0.1) is 32.6 Å². The predicted molar refractivity (Wildman–Crippen MR) is 116 cm³/mol. The maximum Gasteiger partial charge on any atom is 0.203 e. The molecule has 0 bridgehead atoms. The standard InChI is InChI=1S/C22H21N3O4S/c1-13-9-20-23-24-22(25(20)16-8-6-5-7-15(13)16)30-12-17(26)14-10-18(27-2)21(29-4)19(11-14)28-3/h5-11H,12H2,1-4H3. The fraction of sp³-hybridized carbons (Fsp3) is 0.227. The van der Waals surface area contributed by atoms with Crippen molar-refractivity contribution in [3.63, 3.8) is 0 Å². The number of fused-ring (bicyclic) bond motifs is 3. The first-order valence-corrected chi connectivity index (χ1v) is 10.3. The quantitative estimate of drug-likeness (QED) is 0.326. The van der Waals surface area contributed by atoms with Crippen molar-refractivity contribution in [3.05, 3.63) is 53.6 Å². The van der Waals surface area contributed by atoms with E-state index in [0.717, 1.165) is 22.1 Å². The summed E-state index contributed by atoms with van der Waals surface area (Å²) in [7, 11) is 4.58. The van der Waals surface area contributed by atoms with E-state index in [2.05, 4.69) is 23.2 Å². The van der Waals surface area contributed by atoms with Crippen molar-refractivity contribution in [1.82, 2.24) is 14.6 Å². The number of ether oxygens (including phenoxy) is 3. The Bertz CT molecular complexity index is 1230. The summed E-state index contributed by atoms with van der Waals surface area (Å²) in [6.07, 6.45) is 0. The normalized spacial score (nSPS) is 11.1. The number of Topliss-reactive ketones (excluding diaryl/α,β-unsaturated/α-hetero) is 1. The highest BCUT2D eigenvalue weighted by molar-refractivity contribution is 7.99. The number of nitrogens with zero attached hydrogens (tertiary/aromatic N) is 3. The lowest BCUT2D eigenvalue weighted by Crippen LogP contribution is -2.05. The number of benzene rings is 2. The number of aromatic nitrogens is 3. The summed E-state index contributed by atoms with van der Waals surface area (Å²) in [5.74, 6) is 1.46. The van der Waals surface area contributed by atoms with Gasteiger partial charge in [-0.2, -0.15) is 0 Å². The molecule has 0 aliphatic rings. The van der Waals surface area contributed by atoms with Crippen LogP contribution >= 0.6 is 11.8 Å². The number of aryl methyl sites for hydroxylation is 1. The Balaban J connectivity index is 1.65. The SMILES string of the molecule is COc1cc(C(=O)CSc2nnc3cc(C)c4ccccc4n23)cc(OC)c1OC. The first-order chi connectivity index (χ1) is 14.6. The number of rotatable bonds is 7. The van der Waals surface area contributed by atoms with E-state index < -0.39 is 0 Å². The average Bonchev–Trinajstić information content (AvgIpc) is 3.19. The molecule has 4 aromatic rings. The molecule has 0 amide bonds. The highest BCUT2D eigenvalue weighted by Gasteiger charge is 2.18. The maximum atomic E-state index is 12.9. The molecule has 2 aromatic carbocycles. The third kappa shape index (κ3) is 3.43. The molecule has 7 nitrogen and oxygen atoms in total. The zero-order valence-corrected chi connectivity index (χ0v) is 17.9. The highest BCUT2D eigenvalue weighted by atomic mass is 32.2. The second-order valence-corrected chi connectivity index (χ2v) is 7.59. The van der Waals surface area contributed by atoms with Gasteiger partial charge in [-0.05, 0) is 36.8 Å². The Morgan fingerprint density at radius 3 is 2.37 bits per heavy atom. The summed E-state index contributed by atoms with van der Waals surface area (Å²) >= 11 is 1.34.